The monoisotopic (exact) mass is 418 g/mol. The van der Waals surface area contributed by atoms with Crippen LogP contribution in [0.2, 0.25) is 0 Å². The second kappa shape index (κ2) is 8.41. The Balaban J connectivity index is 1.65. The van der Waals surface area contributed by atoms with Crippen molar-refractivity contribution in [3.63, 3.8) is 0 Å². The van der Waals surface area contributed by atoms with Gasteiger partial charge in [-0.3, -0.25) is 4.79 Å². The third-order valence-corrected chi connectivity index (χ3v) is 5.09. The van der Waals surface area contributed by atoms with Crippen LogP contribution in [-0.2, 0) is 16.4 Å². The highest BCUT2D eigenvalue weighted by molar-refractivity contribution is 7.89. The second-order valence-electron chi connectivity index (χ2n) is 6.16. The van der Waals surface area contributed by atoms with E-state index in [9.17, 15) is 17.6 Å². The molecule has 10 heteroatoms. The van der Waals surface area contributed by atoms with Gasteiger partial charge in [-0.2, -0.15) is 5.10 Å². The molecule has 1 amide bonds. The SMILES string of the molecule is COc1cn(-c2ccc(F)cc2)nc1C(=O)NCCc1ccc(S(N)(=O)=O)cc1. The molecule has 0 fully saturated rings. The zero-order valence-corrected chi connectivity index (χ0v) is 16.3. The number of nitrogens with one attached hydrogen (secondary N) is 1. The molecule has 0 unspecified atom stereocenters. The Labute approximate surface area is 167 Å². The van der Waals surface area contributed by atoms with Gasteiger partial charge in [-0.05, 0) is 48.4 Å². The normalized spacial score (nSPS) is 11.3. The summed E-state index contributed by atoms with van der Waals surface area (Å²) in [5.74, 6) is -0.517. The van der Waals surface area contributed by atoms with Crippen molar-refractivity contribution in [1.29, 1.82) is 0 Å². The lowest BCUT2D eigenvalue weighted by Gasteiger charge is -2.06. The fourth-order valence-corrected chi connectivity index (χ4v) is 3.16. The number of benzene rings is 2. The molecule has 0 aliphatic heterocycles. The van der Waals surface area contributed by atoms with E-state index >= 15 is 0 Å². The van der Waals surface area contributed by atoms with Gasteiger partial charge in [0.05, 0.1) is 23.9 Å². The highest BCUT2D eigenvalue weighted by Crippen LogP contribution is 2.19. The first kappa shape index (κ1) is 20.5. The Hall–Kier alpha value is -3.24. The molecule has 2 aromatic carbocycles. The molecule has 0 atom stereocenters. The summed E-state index contributed by atoms with van der Waals surface area (Å²) in [6.45, 7) is 0.306. The highest BCUT2D eigenvalue weighted by atomic mass is 32.2. The zero-order chi connectivity index (χ0) is 21.0. The molecular weight excluding hydrogens is 399 g/mol. The van der Waals surface area contributed by atoms with Gasteiger partial charge >= 0.3 is 0 Å². The fourth-order valence-electron chi connectivity index (χ4n) is 2.64. The van der Waals surface area contributed by atoms with Crippen molar-refractivity contribution in [3.05, 3.63) is 71.8 Å². The molecular formula is C19H19FN4O4S. The van der Waals surface area contributed by atoms with Crippen LogP contribution in [0.15, 0.2) is 59.6 Å². The van der Waals surface area contributed by atoms with E-state index in [1.165, 1.54) is 54.4 Å². The van der Waals surface area contributed by atoms with Crippen LogP contribution in [-0.4, -0.2) is 37.8 Å². The molecule has 1 aromatic heterocycles. The van der Waals surface area contributed by atoms with E-state index < -0.39 is 15.9 Å². The lowest BCUT2D eigenvalue weighted by molar-refractivity contribution is 0.0945. The lowest BCUT2D eigenvalue weighted by Crippen LogP contribution is -2.26. The number of methoxy groups -OCH3 is 1. The number of carbonyl (C=O) groups excluding carboxylic acids is 1. The largest absolute Gasteiger partial charge is 0.493 e. The second-order valence-corrected chi connectivity index (χ2v) is 7.72. The van der Waals surface area contributed by atoms with E-state index in [1.807, 2.05) is 0 Å². The predicted octanol–water partition coefficient (Wildman–Crippen LogP) is 1.64. The molecule has 29 heavy (non-hydrogen) atoms. The van der Waals surface area contributed by atoms with Crippen molar-refractivity contribution in [1.82, 2.24) is 15.1 Å². The van der Waals surface area contributed by atoms with Crippen LogP contribution in [0.1, 0.15) is 16.1 Å². The summed E-state index contributed by atoms with van der Waals surface area (Å²) < 4.78 is 42.3. The summed E-state index contributed by atoms with van der Waals surface area (Å²) in [4.78, 5) is 12.5. The molecule has 0 saturated carbocycles. The number of nitrogens with two attached hydrogens (primary N) is 1. The number of hydrogen-bond acceptors (Lipinski definition) is 5. The van der Waals surface area contributed by atoms with Crippen molar-refractivity contribution in [2.45, 2.75) is 11.3 Å². The van der Waals surface area contributed by atoms with Gasteiger partial charge in [0.2, 0.25) is 10.0 Å². The quantitative estimate of drug-likeness (QED) is 0.605. The van der Waals surface area contributed by atoms with Crippen molar-refractivity contribution in [2.24, 2.45) is 5.14 Å². The number of primary sulfonamides is 1. The van der Waals surface area contributed by atoms with Crippen LogP contribution in [0.3, 0.4) is 0 Å². The molecule has 3 rings (SSSR count). The molecule has 152 valence electrons. The number of rotatable bonds is 7. The molecule has 0 aliphatic carbocycles. The Morgan fingerprint density at radius 3 is 2.41 bits per heavy atom. The maximum absolute atomic E-state index is 13.1. The van der Waals surface area contributed by atoms with Gasteiger partial charge < -0.3 is 10.1 Å². The molecule has 3 aromatic rings. The van der Waals surface area contributed by atoms with Gasteiger partial charge in [0.15, 0.2) is 11.4 Å². The summed E-state index contributed by atoms with van der Waals surface area (Å²) in [5, 5.41) is 12.0. The van der Waals surface area contributed by atoms with E-state index in [0.717, 1.165) is 5.56 Å². The number of carbonyl (C=O) groups is 1. The zero-order valence-electron chi connectivity index (χ0n) is 15.5. The first-order chi connectivity index (χ1) is 13.8. The van der Waals surface area contributed by atoms with Gasteiger partial charge in [0.25, 0.3) is 5.91 Å². The maximum atomic E-state index is 13.1. The number of hydrogen-bond donors (Lipinski definition) is 2. The summed E-state index contributed by atoms with van der Waals surface area (Å²) in [6.07, 6.45) is 2.02. The predicted molar refractivity (Wildman–Crippen MR) is 104 cm³/mol. The minimum Gasteiger partial charge on any atom is -0.493 e. The van der Waals surface area contributed by atoms with Crippen LogP contribution in [0.5, 0.6) is 5.75 Å². The Morgan fingerprint density at radius 2 is 1.83 bits per heavy atom. The summed E-state index contributed by atoms with van der Waals surface area (Å²) in [6, 6.07) is 11.8. The third kappa shape index (κ3) is 4.98. The van der Waals surface area contributed by atoms with E-state index in [4.69, 9.17) is 9.88 Å². The molecule has 0 bridgehead atoms. The van der Waals surface area contributed by atoms with Crippen molar-refractivity contribution >= 4 is 15.9 Å². The first-order valence-electron chi connectivity index (χ1n) is 8.57. The maximum Gasteiger partial charge on any atom is 0.275 e. The average Bonchev–Trinajstić information content (AvgIpc) is 3.13. The average molecular weight is 418 g/mol. The molecule has 3 N–H and O–H groups in total. The molecule has 0 aliphatic rings. The van der Waals surface area contributed by atoms with Crippen molar-refractivity contribution in [2.75, 3.05) is 13.7 Å². The smallest absolute Gasteiger partial charge is 0.275 e. The first-order valence-corrected chi connectivity index (χ1v) is 10.1. The summed E-state index contributed by atoms with van der Waals surface area (Å²) >= 11 is 0. The Kier molecular flexibility index (Phi) is 5.95. The van der Waals surface area contributed by atoms with E-state index in [1.54, 1.807) is 12.1 Å². The van der Waals surface area contributed by atoms with E-state index in [2.05, 4.69) is 10.4 Å². The van der Waals surface area contributed by atoms with Crippen molar-refractivity contribution < 1.29 is 22.3 Å². The standard InChI is InChI=1S/C19H19FN4O4S/c1-28-17-12-24(15-6-4-14(20)5-7-15)23-18(17)19(25)22-11-10-13-2-8-16(9-3-13)29(21,26)27/h2-9,12H,10-11H2,1H3,(H,22,25)(H2,21,26,27). The minimum atomic E-state index is -3.74. The molecule has 8 nitrogen and oxygen atoms in total. The minimum absolute atomic E-state index is 0.0290. The number of sulfonamides is 1. The molecule has 0 saturated heterocycles. The van der Waals surface area contributed by atoms with Crippen LogP contribution < -0.4 is 15.2 Å². The van der Waals surface area contributed by atoms with Gasteiger partial charge in [0, 0.05) is 6.54 Å². The Morgan fingerprint density at radius 1 is 1.17 bits per heavy atom. The van der Waals surface area contributed by atoms with E-state index in [-0.39, 0.29) is 22.2 Å². The lowest BCUT2D eigenvalue weighted by atomic mass is 10.1. The Bertz CT molecular complexity index is 1110. The van der Waals surface area contributed by atoms with Gasteiger partial charge in [-0.15, -0.1) is 0 Å². The highest BCUT2D eigenvalue weighted by Gasteiger charge is 2.18. The topological polar surface area (TPSA) is 116 Å². The number of halogens is 1. The van der Waals surface area contributed by atoms with Crippen LogP contribution in [0, 0.1) is 5.82 Å². The summed E-state index contributed by atoms with van der Waals surface area (Å²) in [7, 11) is -2.31. The number of nitrogens with zero attached hydrogens (tertiary/aromatic N) is 2. The van der Waals surface area contributed by atoms with Crippen LogP contribution in [0.4, 0.5) is 4.39 Å². The third-order valence-electron chi connectivity index (χ3n) is 4.16. The number of ether oxygens (including phenoxy) is 1. The van der Waals surface area contributed by atoms with Gasteiger partial charge in [0.1, 0.15) is 5.82 Å². The fraction of sp³-hybridized carbons (Fsp3) is 0.158. The van der Waals surface area contributed by atoms with E-state index in [0.29, 0.717) is 18.7 Å². The van der Waals surface area contributed by atoms with Gasteiger partial charge in [-0.1, -0.05) is 12.1 Å². The molecule has 0 spiro atoms. The number of aromatic nitrogens is 2. The van der Waals surface area contributed by atoms with Crippen molar-refractivity contribution in [3.8, 4) is 11.4 Å². The number of amides is 1. The van der Waals surface area contributed by atoms with Crippen LogP contribution in [0.25, 0.3) is 5.69 Å². The summed E-state index contributed by atoms with van der Waals surface area (Å²) in [5.41, 5.74) is 1.52. The van der Waals surface area contributed by atoms with Crippen LogP contribution >= 0.6 is 0 Å². The molecule has 0 radical (unpaired) electrons. The van der Waals surface area contributed by atoms with Gasteiger partial charge in [-0.25, -0.2) is 22.6 Å². The molecule has 1 heterocycles.